The zero-order chi connectivity index (χ0) is 21.5. The SMILES string of the molecule is COc1ccc2c(c1)c1c(n2CO)CN2CCc3cc(OC)c(OCC=O)cc3C2C1. The first-order valence-electron chi connectivity index (χ1n) is 10.5. The number of carbonyl (C=O) groups excluding carboxylic acids is 1. The van der Waals surface area contributed by atoms with Crippen LogP contribution in [0.15, 0.2) is 30.3 Å². The van der Waals surface area contributed by atoms with E-state index in [1.807, 2.05) is 28.8 Å². The van der Waals surface area contributed by atoms with E-state index in [1.165, 1.54) is 16.7 Å². The Bertz CT molecular complexity index is 1150. The summed E-state index contributed by atoms with van der Waals surface area (Å²) in [5, 5.41) is 11.2. The third kappa shape index (κ3) is 3.16. The Hall–Kier alpha value is -3.03. The van der Waals surface area contributed by atoms with Gasteiger partial charge in [0.15, 0.2) is 17.8 Å². The molecule has 0 bridgehead atoms. The normalized spacial score (nSPS) is 17.6. The highest BCUT2D eigenvalue weighted by atomic mass is 16.5. The lowest BCUT2D eigenvalue weighted by atomic mass is 9.85. The third-order valence-corrected chi connectivity index (χ3v) is 6.59. The van der Waals surface area contributed by atoms with Gasteiger partial charge in [-0.25, -0.2) is 0 Å². The highest BCUT2D eigenvalue weighted by Crippen LogP contribution is 2.45. The molecule has 2 aliphatic rings. The zero-order valence-corrected chi connectivity index (χ0v) is 17.8. The Morgan fingerprint density at radius 3 is 2.77 bits per heavy atom. The number of aliphatic hydroxyl groups excluding tert-OH is 1. The number of aliphatic hydroxyl groups is 1. The number of ether oxygens (including phenoxy) is 3. The van der Waals surface area contributed by atoms with Crippen molar-refractivity contribution in [2.75, 3.05) is 27.4 Å². The van der Waals surface area contributed by atoms with Crippen LogP contribution in [0.4, 0.5) is 0 Å². The van der Waals surface area contributed by atoms with Crippen molar-refractivity contribution in [3.63, 3.8) is 0 Å². The Balaban J connectivity index is 1.61. The number of benzene rings is 2. The first kappa shape index (κ1) is 19.9. The van der Waals surface area contributed by atoms with Crippen molar-refractivity contribution in [3.05, 3.63) is 52.7 Å². The fourth-order valence-corrected chi connectivity index (χ4v) is 5.12. The van der Waals surface area contributed by atoms with Crippen molar-refractivity contribution >= 4 is 17.2 Å². The zero-order valence-electron chi connectivity index (χ0n) is 17.8. The lowest BCUT2D eigenvalue weighted by molar-refractivity contribution is -0.109. The Morgan fingerprint density at radius 2 is 2.03 bits per heavy atom. The van der Waals surface area contributed by atoms with Gasteiger partial charge in [-0.15, -0.1) is 0 Å². The van der Waals surface area contributed by atoms with E-state index in [0.717, 1.165) is 54.6 Å². The molecule has 1 N–H and O–H groups in total. The molecule has 0 amide bonds. The molecule has 162 valence electrons. The highest BCUT2D eigenvalue weighted by molar-refractivity contribution is 5.87. The maximum absolute atomic E-state index is 10.8. The minimum Gasteiger partial charge on any atom is -0.497 e. The van der Waals surface area contributed by atoms with Crippen LogP contribution in [0.2, 0.25) is 0 Å². The predicted molar refractivity (Wildman–Crippen MR) is 116 cm³/mol. The molecule has 5 rings (SSSR count). The van der Waals surface area contributed by atoms with Crippen molar-refractivity contribution in [1.82, 2.24) is 9.47 Å². The van der Waals surface area contributed by atoms with Gasteiger partial charge in [0.1, 0.15) is 19.1 Å². The first-order valence-corrected chi connectivity index (χ1v) is 10.5. The first-order chi connectivity index (χ1) is 15.2. The lowest BCUT2D eigenvalue weighted by Gasteiger charge is -2.41. The molecular formula is C24H26N2O5. The van der Waals surface area contributed by atoms with Crippen LogP contribution in [-0.2, 0) is 30.9 Å². The van der Waals surface area contributed by atoms with Crippen LogP contribution >= 0.6 is 0 Å². The van der Waals surface area contributed by atoms with E-state index in [0.29, 0.717) is 11.5 Å². The molecule has 0 saturated carbocycles. The summed E-state index contributed by atoms with van der Waals surface area (Å²) < 4.78 is 18.6. The number of aromatic nitrogens is 1. The molecule has 0 saturated heterocycles. The number of nitrogens with zero attached hydrogens (tertiary/aromatic N) is 2. The van der Waals surface area contributed by atoms with E-state index in [2.05, 4.69) is 11.0 Å². The molecule has 7 heteroatoms. The number of rotatable bonds is 6. The summed E-state index contributed by atoms with van der Waals surface area (Å²) in [5.41, 5.74) is 5.91. The Labute approximate surface area is 180 Å². The third-order valence-electron chi connectivity index (χ3n) is 6.59. The predicted octanol–water partition coefficient (Wildman–Crippen LogP) is 2.84. The second-order valence-corrected chi connectivity index (χ2v) is 8.00. The summed E-state index contributed by atoms with van der Waals surface area (Å²) in [6.07, 6.45) is 2.49. The highest BCUT2D eigenvalue weighted by Gasteiger charge is 2.36. The molecule has 1 atom stereocenters. The molecule has 1 aromatic heterocycles. The second-order valence-electron chi connectivity index (χ2n) is 8.00. The largest absolute Gasteiger partial charge is 0.497 e. The molecular weight excluding hydrogens is 396 g/mol. The number of fused-ring (bicyclic) bond motifs is 6. The van der Waals surface area contributed by atoms with E-state index in [9.17, 15) is 9.90 Å². The van der Waals surface area contributed by atoms with Gasteiger partial charge in [-0.3, -0.25) is 9.69 Å². The Morgan fingerprint density at radius 1 is 1.16 bits per heavy atom. The molecule has 3 heterocycles. The minimum atomic E-state index is -0.0475. The number of methoxy groups -OCH3 is 2. The summed E-state index contributed by atoms with van der Waals surface area (Å²) in [6.45, 7) is 1.66. The molecule has 0 spiro atoms. The summed E-state index contributed by atoms with van der Waals surface area (Å²) in [4.78, 5) is 13.3. The van der Waals surface area contributed by atoms with Gasteiger partial charge in [0.25, 0.3) is 0 Å². The molecule has 0 radical (unpaired) electrons. The molecule has 2 aliphatic heterocycles. The molecule has 31 heavy (non-hydrogen) atoms. The molecule has 7 nitrogen and oxygen atoms in total. The molecule has 1 unspecified atom stereocenters. The Kier molecular flexibility index (Phi) is 5.08. The van der Waals surface area contributed by atoms with Gasteiger partial charge in [0, 0.05) is 30.2 Å². The second kappa shape index (κ2) is 7.90. The summed E-state index contributed by atoms with van der Waals surface area (Å²) in [5.74, 6) is 2.07. The molecule has 2 aromatic carbocycles. The number of carbonyl (C=O) groups is 1. The van der Waals surface area contributed by atoms with Gasteiger partial charge in [-0.05, 0) is 59.9 Å². The van der Waals surface area contributed by atoms with E-state index in [4.69, 9.17) is 14.2 Å². The molecule has 0 aliphatic carbocycles. The van der Waals surface area contributed by atoms with Gasteiger partial charge in [0.2, 0.25) is 0 Å². The molecule has 0 fully saturated rings. The topological polar surface area (TPSA) is 73.2 Å². The van der Waals surface area contributed by atoms with Gasteiger partial charge in [-0.1, -0.05) is 0 Å². The van der Waals surface area contributed by atoms with Crippen LogP contribution in [0.1, 0.15) is 28.4 Å². The monoisotopic (exact) mass is 422 g/mol. The quantitative estimate of drug-likeness (QED) is 0.616. The number of hydrogen-bond donors (Lipinski definition) is 1. The lowest BCUT2D eigenvalue weighted by Crippen LogP contribution is -2.39. The number of hydrogen-bond acceptors (Lipinski definition) is 6. The average Bonchev–Trinajstić information content (AvgIpc) is 3.12. The van der Waals surface area contributed by atoms with Gasteiger partial charge < -0.3 is 23.9 Å². The fourth-order valence-electron chi connectivity index (χ4n) is 5.12. The minimum absolute atomic E-state index is 0.00252. The average molecular weight is 422 g/mol. The van der Waals surface area contributed by atoms with Crippen LogP contribution in [0.25, 0.3) is 10.9 Å². The standard InChI is InChI=1S/C24H26N2O5/c1-29-16-3-4-20-18(10-16)19-11-21-17-12-24(31-8-7-27)23(30-2)9-15(17)5-6-25(21)13-22(19)26(20)14-28/h3-4,7,9-10,12,21,28H,5-6,8,11,13-14H2,1-2H3. The fraction of sp³-hybridized carbons (Fsp3) is 0.375. The van der Waals surface area contributed by atoms with E-state index >= 15 is 0 Å². The van der Waals surface area contributed by atoms with E-state index in [1.54, 1.807) is 14.2 Å². The number of aldehydes is 1. The summed E-state index contributed by atoms with van der Waals surface area (Å²) in [7, 11) is 3.29. The molecule has 3 aromatic rings. The van der Waals surface area contributed by atoms with Crippen molar-refractivity contribution < 1.29 is 24.1 Å². The van der Waals surface area contributed by atoms with Crippen molar-refractivity contribution in [1.29, 1.82) is 0 Å². The summed E-state index contributed by atoms with van der Waals surface area (Å²) in [6, 6.07) is 10.3. The summed E-state index contributed by atoms with van der Waals surface area (Å²) >= 11 is 0. The van der Waals surface area contributed by atoms with Crippen molar-refractivity contribution in [3.8, 4) is 17.2 Å². The maximum atomic E-state index is 10.8. The smallest absolute Gasteiger partial charge is 0.162 e. The van der Waals surface area contributed by atoms with E-state index in [-0.39, 0.29) is 19.4 Å². The van der Waals surface area contributed by atoms with Crippen LogP contribution in [0.5, 0.6) is 17.2 Å². The van der Waals surface area contributed by atoms with E-state index < -0.39 is 0 Å². The van der Waals surface area contributed by atoms with Crippen LogP contribution in [-0.4, -0.2) is 48.2 Å². The van der Waals surface area contributed by atoms with Gasteiger partial charge >= 0.3 is 0 Å². The van der Waals surface area contributed by atoms with Crippen LogP contribution < -0.4 is 14.2 Å². The van der Waals surface area contributed by atoms with Crippen LogP contribution in [0.3, 0.4) is 0 Å². The van der Waals surface area contributed by atoms with Crippen LogP contribution in [0, 0.1) is 0 Å². The van der Waals surface area contributed by atoms with Gasteiger partial charge in [0.05, 0.1) is 19.7 Å². The van der Waals surface area contributed by atoms with Crippen molar-refractivity contribution in [2.45, 2.75) is 32.2 Å². The van der Waals surface area contributed by atoms with Crippen molar-refractivity contribution in [2.24, 2.45) is 0 Å². The maximum Gasteiger partial charge on any atom is 0.162 e. The van der Waals surface area contributed by atoms with Gasteiger partial charge in [-0.2, -0.15) is 0 Å².